The van der Waals surface area contributed by atoms with Gasteiger partial charge in [-0.2, -0.15) is 0 Å². The van der Waals surface area contributed by atoms with Crippen LogP contribution in [0, 0.1) is 18.3 Å². The normalized spacial score (nSPS) is 15.7. The summed E-state index contributed by atoms with van der Waals surface area (Å²) in [7, 11) is 1.87. The number of hydrogen-bond acceptors (Lipinski definition) is 5. The molecule has 1 fully saturated rings. The molecule has 0 radical (unpaired) electrons. The Kier molecular flexibility index (Phi) is 6.52. The summed E-state index contributed by atoms with van der Waals surface area (Å²) in [6, 6.07) is 10.3. The van der Waals surface area contributed by atoms with Gasteiger partial charge in [0.25, 0.3) is 0 Å². The summed E-state index contributed by atoms with van der Waals surface area (Å²) in [5.74, 6) is 0.806. The van der Waals surface area contributed by atoms with Crippen molar-refractivity contribution >= 4 is 5.78 Å². The number of carbonyl (C=O) groups excluding carboxylic acids is 1. The molecule has 1 aromatic carbocycles. The van der Waals surface area contributed by atoms with Crippen molar-refractivity contribution in [3.05, 3.63) is 94.5 Å². The van der Waals surface area contributed by atoms with E-state index in [1.807, 2.05) is 48.4 Å². The first-order chi connectivity index (χ1) is 18.5. The zero-order valence-corrected chi connectivity index (χ0v) is 22.2. The Morgan fingerprint density at radius 2 is 1.92 bits per heavy atom. The van der Waals surface area contributed by atoms with Gasteiger partial charge in [-0.15, -0.1) is 0 Å². The van der Waals surface area contributed by atoms with Gasteiger partial charge in [-0.25, -0.2) is 9.97 Å². The molecule has 0 saturated heterocycles. The average molecular weight is 507 g/mol. The molecule has 3 heterocycles. The predicted molar refractivity (Wildman–Crippen MR) is 146 cm³/mol. The van der Waals surface area contributed by atoms with Crippen molar-refractivity contribution in [3.8, 4) is 11.3 Å². The number of benzene rings is 1. The summed E-state index contributed by atoms with van der Waals surface area (Å²) in [6.45, 7) is 2.60. The summed E-state index contributed by atoms with van der Waals surface area (Å²) < 4.78 is 3.68. The van der Waals surface area contributed by atoms with E-state index in [1.165, 1.54) is 11.1 Å². The molecule has 2 aliphatic carbocycles. The molecule has 7 nitrogen and oxygen atoms in total. The van der Waals surface area contributed by atoms with Gasteiger partial charge in [-0.1, -0.05) is 0 Å². The molecule has 38 heavy (non-hydrogen) atoms. The van der Waals surface area contributed by atoms with Crippen LogP contribution < -0.4 is 5.62 Å². The number of nitrogens with one attached hydrogen (secondary N) is 1. The van der Waals surface area contributed by atoms with Gasteiger partial charge in [-0.05, 0) is 98.4 Å². The van der Waals surface area contributed by atoms with Crippen molar-refractivity contribution in [2.45, 2.75) is 64.3 Å². The SMILES string of the molecule is Cc1ccnc(C(CC(=O)c2cc(Cn3ccn(C)c3=N)cc(-c3ncnc4c3CCCC4)c2)C2CC2)c1. The number of ketones is 1. The molecule has 1 atom stereocenters. The first-order valence-corrected chi connectivity index (χ1v) is 13.7. The molecule has 7 heteroatoms. The van der Waals surface area contributed by atoms with Crippen molar-refractivity contribution in [2.24, 2.45) is 13.0 Å². The van der Waals surface area contributed by atoms with E-state index in [-0.39, 0.29) is 11.7 Å². The molecule has 1 unspecified atom stereocenters. The Labute approximate surface area is 223 Å². The van der Waals surface area contributed by atoms with Crippen LogP contribution in [-0.4, -0.2) is 29.9 Å². The highest BCUT2D eigenvalue weighted by Gasteiger charge is 2.35. The van der Waals surface area contributed by atoms with E-state index in [0.29, 0.717) is 30.1 Å². The number of pyridine rings is 1. The molecule has 4 aromatic rings. The van der Waals surface area contributed by atoms with Gasteiger partial charge in [-0.3, -0.25) is 15.2 Å². The fourth-order valence-electron chi connectivity index (χ4n) is 5.79. The van der Waals surface area contributed by atoms with Gasteiger partial charge in [0.2, 0.25) is 5.62 Å². The van der Waals surface area contributed by atoms with Gasteiger partial charge >= 0.3 is 0 Å². The van der Waals surface area contributed by atoms with E-state index in [4.69, 9.17) is 10.4 Å². The monoisotopic (exact) mass is 506 g/mol. The quantitative estimate of drug-likeness (QED) is 0.334. The average Bonchev–Trinajstić information content (AvgIpc) is 3.73. The van der Waals surface area contributed by atoms with Crippen LogP contribution >= 0.6 is 0 Å². The second-order valence-corrected chi connectivity index (χ2v) is 11.0. The Morgan fingerprint density at radius 3 is 2.68 bits per heavy atom. The third-order valence-corrected chi connectivity index (χ3v) is 8.06. The van der Waals surface area contributed by atoms with E-state index in [0.717, 1.165) is 66.7 Å². The third kappa shape index (κ3) is 4.97. The number of aromatic nitrogens is 5. The first-order valence-electron chi connectivity index (χ1n) is 13.7. The van der Waals surface area contributed by atoms with Gasteiger partial charge < -0.3 is 9.13 Å². The topological polar surface area (TPSA) is 89.5 Å². The smallest absolute Gasteiger partial charge is 0.202 e. The van der Waals surface area contributed by atoms with E-state index in [1.54, 1.807) is 10.9 Å². The Bertz CT molecular complexity index is 1560. The molecule has 1 N–H and O–H groups in total. The lowest BCUT2D eigenvalue weighted by molar-refractivity contribution is 0.0969. The number of Topliss-reactive ketones (excluding diaryl/α,β-unsaturated/α-hetero) is 1. The number of hydrogen-bond donors (Lipinski definition) is 1. The van der Waals surface area contributed by atoms with E-state index >= 15 is 0 Å². The van der Waals surface area contributed by atoms with Crippen LogP contribution in [-0.2, 0) is 26.4 Å². The summed E-state index contributed by atoms with van der Waals surface area (Å²) in [4.78, 5) is 27.8. The zero-order valence-electron chi connectivity index (χ0n) is 22.2. The molecule has 0 aliphatic heterocycles. The minimum absolute atomic E-state index is 0.139. The molecular formula is C31H34N6O. The van der Waals surface area contributed by atoms with Crippen LogP contribution in [0.2, 0.25) is 0 Å². The number of carbonyl (C=O) groups is 1. The fourth-order valence-corrected chi connectivity index (χ4v) is 5.79. The lowest BCUT2D eigenvalue weighted by Crippen LogP contribution is -2.22. The molecule has 3 aromatic heterocycles. The predicted octanol–water partition coefficient (Wildman–Crippen LogP) is 5.16. The summed E-state index contributed by atoms with van der Waals surface area (Å²) in [5, 5.41) is 8.40. The summed E-state index contributed by atoms with van der Waals surface area (Å²) >= 11 is 0. The third-order valence-electron chi connectivity index (χ3n) is 8.06. The molecule has 0 spiro atoms. The molecule has 0 bridgehead atoms. The highest BCUT2D eigenvalue weighted by atomic mass is 16.1. The van der Waals surface area contributed by atoms with Crippen molar-refractivity contribution < 1.29 is 4.79 Å². The summed E-state index contributed by atoms with van der Waals surface area (Å²) in [6.07, 6.45) is 14.3. The zero-order chi connectivity index (χ0) is 26.2. The standard InChI is InChI=1S/C31H34N6O/c1-20-9-10-33-28(13-20)26(22-7-8-22)17-29(38)23-14-21(18-37-12-11-36(2)31(37)32)15-24(16-23)30-25-5-3-4-6-27(25)34-19-35-30/h9-16,19,22,26,32H,3-8,17-18H2,1-2H3. The van der Waals surface area contributed by atoms with E-state index in [2.05, 4.69) is 29.0 Å². The molecule has 2 aliphatic rings. The van der Waals surface area contributed by atoms with Crippen LogP contribution in [0.25, 0.3) is 11.3 Å². The lowest BCUT2D eigenvalue weighted by Gasteiger charge is -2.19. The Morgan fingerprint density at radius 1 is 1.08 bits per heavy atom. The van der Waals surface area contributed by atoms with Gasteiger partial charge in [0, 0.05) is 60.5 Å². The van der Waals surface area contributed by atoms with Crippen LogP contribution in [0.4, 0.5) is 0 Å². The lowest BCUT2D eigenvalue weighted by atomic mass is 9.88. The van der Waals surface area contributed by atoms with Crippen molar-refractivity contribution in [2.75, 3.05) is 0 Å². The maximum atomic E-state index is 13.9. The Balaban J connectivity index is 1.39. The highest BCUT2D eigenvalue weighted by Crippen LogP contribution is 2.44. The molecular weight excluding hydrogens is 472 g/mol. The maximum absolute atomic E-state index is 13.9. The maximum Gasteiger partial charge on any atom is 0.202 e. The van der Waals surface area contributed by atoms with Gasteiger partial charge in [0.1, 0.15) is 6.33 Å². The molecule has 0 amide bonds. The molecule has 1 saturated carbocycles. The first kappa shape index (κ1) is 24.5. The number of aryl methyl sites for hydroxylation is 3. The number of nitrogens with zero attached hydrogens (tertiary/aromatic N) is 5. The number of rotatable bonds is 8. The van der Waals surface area contributed by atoms with Crippen molar-refractivity contribution in [3.63, 3.8) is 0 Å². The Hall–Kier alpha value is -3.87. The van der Waals surface area contributed by atoms with Gasteiger partial charge in [0.05, 0.1) is 12.2 Å². The number of imidazole rings is 1. The highest BCUT2D eigenvalue weighted by molar-refractivity contribution is 5.98. The van der Waals surface area contributed by atoms with E-state index in [9.17, 15) is 4.79 Å². The molecule has 194 valence electrons. The molecule has 6 rings (SSSR count). The second kappa shape index (κ2) is 10.1. The van der Waals surface area contributed by atoms with Crippen molar-refractivity contribution in [1.29, 1.82) is 5.41 Å². The summed E-state index contributed by atoms with van der Waals surface area (Å²) in [5.41, 5.74) is 8.57. The minimum Gasteiger partial charge on any atom is -0.321 e. The fraction of sp³-hybridized carbons (Fsp3) is 0.387. The van der Waals surface area contributed by atoms with Crippen LogP contribution in [0.1, 0.15) is 76.5 Å². The van der Waals surface area contributed by atoms with Crippen molar-refractivity contribution in [1.82, 2.24) is 24.1 Å². The largest absolute Gasteiger partial charge is 0.321 e. The minimum atomic E-state index is 0.139. The van der Waals surface area contributed by atoms with Crippen LogP contribution in [0.5, 0.6) is 0 Å². The second-order valence-electron chi connectivity index (χ2n) is 11.0. The van der Waals surface area contributed by atoms with E-state index < -0.39 is 0 Å². The van der Waals surface area contributed by atoms with Crippen LogP contribution in [0.15, 0.2) is 55.2 Å². The van der Waals surface area contributed by atoms with Gasteiger partial charge in [0.15, 0.2) is 5.78 Å². The van der Waals surface area contributed by atoms with Crippen LogP contribution in [0.3, 0.4) is 0 Å². The number of fused-ring (bicyclic) bond motifs is 1.